The molecule has 3 N–H and O–H groups in total. The van der Waals surface area contributed by atoms with E-state index in [0.29, 0.717) is 24.2 Å². The molecule has 0 spiro atoms. The maximum absolute atomic E-state index is 11.3. The van der Waals surface area contributed by atoms with Crippen LogP contribution in [0.25, 0.3) is 11.0 Å². The molecule has 0 saturated heterocycles. The van der Waals surface area contributed by atoms with Crippen molar-refractivity contribution in [3.8, 4) is 0 Å². The molecular weight excluding hydrogens is 252 g/mol. The van der Waals surface area contributed by atoms with Gasteiger partial charge in [0.1, 0.15) is 0 Å². The van der Waals surface area contributed by atoms with Crippen molar-refractivity contribution in [2.75, 3.05) is 6.54 Å². The number of aromatic nitrogens is 2. The lowest BCUT2D eigenvalue weighted by molar-refractivity contribution is -0.384. The van der Waals surface area contributed by atoms with Gasteiger partial charge in [-0.05, 0) is 12.1 Å². The van der Waals surface area contributed by atoms with E-state index >= 15 is 0 Å². The standard InChI is InChI=1S/C11H12N4O4/c1-2-12-5-6-3-7(15(18)19)4-8-9(6)14-11(17)10(16)13-8/h3-4,12H,2,5H2,1H3,(H,13,16)(H,14,17). The maximum atomic E-state index is 11.3. The van der Waals surface area contributed by atoms with Crippen LogP contribution in [0.15, 0.2) is 21.7 Å². The van der Waals surface area contributed by atoms with E-state index in [1.807, 2.05) is 6.92 Å². The minimum absolute atomic E-state index is 0.136. The minimum Gasteiger partial charge on any atom is -0.316 e. The lowest BCUT2D eigenvalue weighted by atomic mass is 10.1. The highest BCUT2D eigenvalue weighted by molar-refractivity contribution is 5.80. The summed E-state index contributed by atoms with van der Waals surface area (Å²) in [7, 11) is 0. The molecule has 100 valence electrons. The molecule has 0 aliphatic carbocycles. The van der Waals surface area contributed by atoms with Gasteiger partial charge in [-0.1, -0.05) is 6.92 Å². The Morgan fingerprint density at radius 3 is 2.58 bits per heavy atom. The zero-order valence-electron chi connectivity index (χ0n) is 10.1. The third-order valence-electron chi connectivity index (χ3n) is 2.67. The number of nitrogens with one attached hydrogen (secondary N) is 3. The van der Waals surface area contributed by atoms with Crippen LogP contribution in [-0.4, -0.2) is 21.4 Å². The molecule has 2 rings (SSSR count). The molecule has 2 aromatic rings. The first-order valence-electron chi connectivity index (χ1n) is 5.67. The number of nitro benzene ring substituents is 1. The van der Waals surface area contributed by atoms with Crippen LogP contribution in [0, 0.1) is 10.1 Å². The summed E-state index contributed by atoms with van der Waals surface area (Å²) in [5.74, 6) is 0. The molecule has 0 fully saturated rings. The van der Waals surface area contributed by atoms with E-state index in [-0.39, 0.29) is 11.2 Å². The monoisotopic (exact) mass is 264 g/mol. The van der Waals surface area contributed by atoms with Crippen molar-refractivity contribution in [1.82, 2.24) is 15.3 Å². The molecule has 8 heteroatoms. The maximum Gasteiger partial charge on any atom is 0.314 e. The molecule has 1 heterocycles. The quantitative estimate of drug-likeness (QED) is 0.415. The van der Waals surface area contributed by atoms with Crippen LogP contribution in [0.2, 0.25) is 0 Å². The Bertz CT molecular complexity index is 746. The third-order valence-corrected chi connectivity index (χ3v) is 2.67. The Morgan fingerprint density at radius 2 is 1.95 bits per heavy atom. The first-order valence-corrected chi connectivity index (χ1v) is 5.67. The zero-order chi connectivity index (χ0) is 14.0. The van der Waals surface area contributed by atoms with Gasteiger partial charge >= 0.3 is 11.1 Å². The van der Waals surface area contributed by atoms with Crippen LogP contribution in [0.1, 0.15) is 12.5 Å². The van der Waals surface area contributed by atoms with Gasteiger partial charge in [-0.2, -0.15) is 0 Å². The Kier molecular flexibility index (Phi) is 3.43. The average molecular weight is 264 g/mol. The van der Waals surface area contributed by atoms with Crippen molar-refractivity contribution in [3.05, 3.63) is 48.5 Å². The molecule has 0 amide bonds. The fraction of sp³-hybridized carbons (Fsp3) is 0.273. The Morgan fingerprint density at radius 1 is 1.26 bits per heavy atom. The van der Waals surface area contributed by atoms with Gasteiger partial charge in [0.15, 0.2) is 0 Å². The molecule has 8 nitrogen and oxygen atoms in total. The van der Waals surface area contributed by atoms with Gasteiger partial charge in [-0.3, -0.25) is 19.7 Å². The average Bonchev–Trinajstić information content (AvgIpc) is 2.37. The number of hydrogen-bond acceptors (Lipinski definition) is 5. The van der Waals surface area contributed by atoms with Crippen LogP contribution < -0.4 is 16.4 Å². The van der Waals surface area contributed by atoms with Crippen molar-refractivity contribution < 1.29 is 4.92 Å². The van der Waals surface area contributed by atoms with Gasteiger partial charge < -0.3 is 15.3 Å². The number of nitro groups is 1. The highest BCUT2D eigenvalue weighted by atomic mass is 16.6. The number of aromatic amines is 2. The summed E-state index contributed by atoms with van der Waals surface area (Å²) >= 11 is 0. The molecule has 0 bridgehead atoms. The SMILES string of the molecule is CCNCc1cc([N+](=O)[O-])cc2[nH]c(=O)c(=O)[nH]c12. The molecule has 0 radical (unpaired) electrons. The smallest absolute Gasteiger partial charge is 0.314 e. The normalized spacial score (nSPS) is 10.8. The molecule has 1 aromatic carbocycles. The van der Waals surface area contributed by atoms with E-state index < -0.39 is 16.0 Å². The Hall–Kier alpha value is -2.48. The summed E-state index contributed by atoms with van der Waals surface area (Å²) in [6.07, 6.45) is 0. The molecule has 0 atom stereocenters. The fourth-order valence-electron chi connectivity index (χ4n) is 1.79. The topological polar surface area (TPSA) is 121 Å². The van der Waals surface area contributed by atoms with Crippen molar-refractivity contribution >= 4 is 16.7 Å². The van der Waals surface area contributed by atoms with Crippen molar-refractivity contribution in [2.24, 2.45) is 0 Å². The summed E-state index contributed by atoms with van der Waals surface area (Å²) in [6, 6.07) is 2.60. The highest BCUT2D eigenvalue weighted by Crippen LogP contribution is 2.21. The summed E-state index contributed by atoms with van der Waals surface area (Å²) in [6.45, 7) is 2.93. The number of benzene rings is 1. The molecule has 19 heavy (non-hydrogen) atoms. The van der Waals surface area contributed by atoms with Crippen LogP contribution in [0.4, 0.5) is 5.69 Å². The number of hydrogen-bond donors (Lipinski definition) is 3. The Labute approximate surface area is 106 Å². The van der Waals surface area contributed by atoms with Crippen molar-refractivity contribution in [3.63, 3.8) is 0 Å². The first kappa shape index (κ1) is 13.0. The van der Waals surface area contributed by atoms with Crippen LogP contribution >= 0.6 is 0 Å². The molecular formula is C11H12N4O4. The van der Waals surface area contributed by atoms with Crippen LogP contribution in [0.5, 0.6) is 0 Å². The van der Waals surface area contributed by atoms with Crippen molar-refractivity contribution in [1.29, 1.82) is 0 Å². The first-order chi connectivity index (χ1) is 9.02. The molecule has 0 unspecified atom stereocenters. The summed E-state index contributed by atoms with van der Waals surface area (Å²) in [5, 5.41) is 13.9. The molecule has 0 aliphatic rings. The molecule has 1 aromatic heterocycles. The van der Waals surface area contributed by atoms with Crippen LogP contribution in [-0.2, 0) is 6.54 Å². The highest BCUT2D eigenvalue weighted by Gasteiger charge is 2.13. The van der Waals surface area contributed by atoms with Gasteiger partial charge in [0.25, 0.3) is 5.69 Å². The summed E-state index contributed by atoms with van der Waals surface area (Å²) in [4.78, 5) is 37.7. The van der Waals surface area contributed by atoms with Gasteiger partial charge in [-0.25, -0.2) is 0 Å². The van der Waals surface area contributed by atoms with E-state index in [9.17, 15) is 19.7 Å². The van der Waals surface area contributed by atoms with E-state index in [2.05, 4.69) is 15.3 Å². The minimum atomic E-state index is -0.831. The van der Waals surface area contributed by atoms with Gasteiger partial charge in [0.2, 0.25) is 0 Å². The lowest BCUT2D eigenvalue weighted by Gasteiger charge is -2.06. The van der Waals surface area contributed by atoms with Gasteiger partial charge in [-0.15, -0.1) is 0 Å². The van der Waals surface area contributed by atoms with E-state index in [1.54, 1.807) is 0 Å². The second-order valence-corrected chi connectivity index (χ2v) is 3.97. The van der Waals surface area contributed by atoms with Gasteiger partial charge in [0.05, 0.1) is 16.0 Å². The largest absolute Gasteiger partial charge is 0.316 e. The molecule has 0 saturated carbocycles. The second kappa shape index (κ2) is 5.02. The summed E-state index contributed by atoms with van der Waals surface area (Å²) in [5.41, 5.74) is -0.549. The Balaban J connectivity index is 2.74. The number of fused-ring (bicyclic) bond motifs is 1. The van der Waals surface area contributed by atoms with E-state index in [4.69, 9.17) is 0 Å². The zero-order valence-corrected chi connectivity index (χ0v) is 10.1. The van der Waals surface area contributed by atoms with Crippen molar-refractivity contribution in [2.45, 2.75) is 13.5 Å². The number of rotatable bonds is 4. The van der Waals surface area contributed by atoms with Crippen LogP contribution in [0.3, 0.4) is 0 Å². The third kappa shape index (κ3) is 2.52. The second-order valence-electron chi connectivity index (χ2n) is 3.97. The summed E-state index contributed by atoms with van der Waals surface area (Å²) < 4.78 is 0. The lowest BCUT2D eigenvalue weighted by Crippen LogP contribution is -2.29. The predicted molar refractivity (Wildman–Crippen MR) is 69.2 cm³/mol. The van der Waals surface area contributed by atoms with Gasteiger partial charge in [0, 0.05) is 18.7 Å². The number of nitrogens with zero attached hydrogens (tertiary/aromatic N) is 1. The predicted octanol–water partition coefficient (Wildman–Crippen LogP) is 0.234. The van der Waals surface area contributed by atoms with E-state index in [1.165, 1.54) is 12.1 Å². The molecule has 0 aliphatic heterocycles. The number of non-ortho nitro benzene ring substituents is 1. The number of H-pyrrole nitrogens is 2. The van der Waals surface area contributed by atoms with E-state index in [0.717, 1.165) is 0 Å². The fourth-order valence-corrected chi connectivity index (χ4v) is 1.79.